The number of nitrogens with zero attached hydrogens (tertiary/aromatic N) is 1. The summed E-state index contributed by atoms with van der Waals surface area (Å²) in [5.74, 6) is -0.816. The summed E-state index contributed by atoms with van der Waals surface area (Å²) in [6, 6.07) is 8.73. The van der Waals surface area contributed by atoms with Crippen LogP contribution in [0.1, 0.15) is 63.5 Å². The van der Waals surface area contributed by atoms with E-state index in [1.807, 2.05) is 6.08 Å². The van der Waals surface area contributed by atoms with Gasteiger partial charge in [0.25, 0.3) is 10.0 Å². The van der Waals surface area contributed by atoms with Crippen LogP contribution in [-0.4, -0.2) is 32.1 Å². The van der Waals surface area contributed by atoms with Crippen LogP contribution in [0.3, 0.4) is 0 Å². The smallest absolute Gasteiger partial charge is 0.416 e. The minimum absolute atomic E-state index is 0.0466. The van der Waals surface area contributed by atoms with Gasteiger partial charge in [0.2, 0.25) is 0 Å². The second-order valence-electron chi connectivity index (χ2n) is 10.4. The fourth-order valence-corrected chi connectivity index (χ4v) is 6.21. The number of anilines is 1. The first kappa shape index (κ1) is 27.0. The number of fused-ring (bicyclic) bond motifs is 1. The SMILES string of the molecule is CC1(C)CCC(=Cc2ccc3c(c2)N(S(=O)(=O)c2cccc(C(F)(F)F)c2)C[C@H](CCC(=O)O)O3)CC1. The summed E-state index contributed by atoms with van der Waals surface area (Å²) >= 11 is 0. The minimum atomic E-state index is -4.70. The van der Waals surface area contributed by atoms with E-state index in [2.05, 4.69) is 13.8 Å². The van der Waals surface area contributed by atoms with Gasteiger partial charge in [-0.25, -0.2) is 8.42 Å². The molecule has 6 nitrogen and oxygen atoms in total. The quantitative estimate of drug-likeness (QED) is 0.454. The molecule has 0 saturated heterocycles. The van der Waals surface area contributed by atoms with Crippen LogP contribution in [-0.2, 0) is 21.0 Å². The third-order valence-corrected chi connectivity index (χ3v) is 8.74. The van der Waals surface area contributed by atoms with Crippen LogP contribution < -0.4 is 9.04 Å². The van der Waals surface area contributed by atoms with Crippen LogP contribution in [0.2, 0.25) is 0 Å². The fourth-order valence-electron chi connectivity index (χ4n) is 4.67. The number of rotatable bonds is 6. The van der Waals surface area contributed by atoms with E-state index in [0.29, 0.717) is 6.07 Å². The molecule has 10 heteroatoms. The van der Waals surface area contributed by atoms with Crippen LogP contribution in [0.25, 0.3) is 6.08 Å². The second kappa shape index (κ2) is 10.0. The van der Waals surface area contributed by atoms with E-state index in [-0.39, 0.29) is 36.2 Å². The summed E-state index contributed by atoms with van der Waals surface area (Å²) in [5, 5.41) is 9.07. The predicted molar refractivity (Wildman–Crippen MR) is 134 cm³/mol. The highest BCUT2D eigenvalue weighted by Gasteiger charge is 2.37. The number of halogens is 3. The maximum atomic E-state index is 13.7. The van der Waals surface area contributed by atoms with E-state index in [0.717, 1.165) is 53.8 Å². The number of hydrogen-bond donors (Lipinski definition) is 1. The number of aliphatic carboxylic acids is 1. The number of allylic oxidation sites excluding steroid dienone is 1. The third-order valence-electron chi connectivity index (χ3n) is 6.96. The Morgan fingerprint density at radius 1 is 1.16 bits per heavy atom. The molecule has 2 aromatic rings. The van der Waals surface area contributed by atoms with Gasteiger partial charge in [-0.15, -0.1) is 0 Å². The standard InChI is InChI=1S/C27H30F3NO5S/c1-26(2)12-10-18(11-13-26)14-19-6-8-24-23(15-19)31(17-21(36-24)7-9-25(32)33)37(34,35)22-5-3-4-20(16-22)27(28,29)30/h3-6,8,14-16,21H,7,9-13,17H2,1-2H3,(H,32,33)/t21-/m0/s1. The maximum Gasteiger partial charge on any atom is 0.416 e. The van der Waals surface area contributed by atoms with Crippen molar-refractivity contribution in [3.8, 4) is 5.75 Å². The van der Waals surface area contributed by atoms with E-state index < -0.39 is 38.7 Å². The lowest BCUT2D eigenvalue weighted by Gasteiger charge is -2.36. The normalized spacial score (nSPS) is 19.6. The van der Waals surface area contributed by atoms with Crippen molar-refractivity contribution in [3.63, 3.8) is 0 Å². The third kappa shape index (κ3) is 6.29. The largest absolute Gasteiger partial charge is 0.486 e. The fraction of sp³-hybridized carbons (Fsp3) is 0.444. The molecule has 0 bridgehead atoms. The zero-order chi connectivity index (χ0) is 27.0. The molecule has 2 aromatic carbocycles. The molecule has 1 N–H and O–H groups in total. The van der Waals surface area contributed by atoms with Gasteiger partial charge in [-0.3, -0.25) is 9.10 Å². The number of alkyl halides is 3. The molecule has 1 heterocycles. The van der Waals surface area contributed by atoms with Gasteiger partial charge in [-0.2, -0.15) is 13.2 Å². The van der Waals surface area contributed by atoms with Gasteiger partial charge in [0.15, 0.2) is 0 Å². The molecule has 0 spiro atoms. The highest BCUT2D eigenvalue weighted by Crippen LogP contribution is 2.42. The van der Waals surface area contributed by atoms with Gasteiger partial charge >= 0.3 is 12.1 Å². The van der Waals surface area contributed by atoms with Crippen LogP contribution in [0, 0.1) is 5.41 Å². The van der Waals surface area contributed by atoms with E-state index in [1.165, 1.54) is 5.57 Å². The molecular formula is C27H30F3NO5S. The first-order chi connectivity index (χ1) is 17.2. The van der Waals surface area contributed by atoms with E-state index in [4.69, 9.17) is 9.84 Å². The van der Waals surface area contributed by atoms with Gasteiger partial charge in [-0.1, -0.05) is 37.6 Å². The molecule has 0 amide bonds. The molecule has 1 saturated carbocycles. The van der Waals surface area contributed by atoms with Crippen molar-refractivity contribution in [2.45, 2.75) is 69.5 Å². The van der Waals surface area contributed by atoms with Crippen molar-refractivity contribution in [1.82, 2.24) is 0 Å². The number of carbonyl (C=O) groups is 1. The van der Waals surface area contributed by atoms with Crippen LogP contribution in [0.15, 0.2) is 52.9 Å². The second-order valence-corrected chi connectivity index (χ2v) is 12.3. The van der Waals surface area contributed by atoms with E-state index in [1.54, 1.807) is 18.2 Å². The Kier molecular flexibility index (Phi) is 7.34. The lowest BCUT2D eigenvalue weighted by atomic mass is 9.75. The van der Waals surface area contributed by atoms with Gasteiger partial charge in [0.05, 0.1) is 22.7 Å². The lowest BCUT2D eigenvalue weighted by Crippen LogP contribution is -2.43. The summed E-state index contributed by atoms with van der Waals surface area (Å²) in [4.78, 5) is 10.6. The van der Waals surface area contributed by atoms with Gasteiger partial charge in [0.1, 0.15) is 11.9 Å². The Hall–Kier alpha value is -3.01. The Labute approximate surface area is 214 Å². The van der Waals surface area contributed by atoms with Crippen LogP contribution >= 0.6 is 0 Å². The average molecular weight is 538 g/mol. The Morgan fingerprint density at radius 3 is 2.51 bits per heavy atom. The summed E-state index contributed by atoms with van der Waals surface area (Å²) in [5.41, 5.74) is 1.45. The predicted octanol–water partition coefficient (Wildman–Crippen LogP) is 6.51. The first-order valence-corrected chi connectivity index (χ1v) is 13.6. The lowest BCUT2D eigenvalue weighted by molar-refractivity contribution is -0.138. The molecule has 1 fully saturated rings. The van der Waals surface area contributed by atoms with Gasteiger partial charge in [-0.05, 0) is 73.4 Å². The highest BCUT2D eigenvalue weighted by atomic mass is 32.2. The number of sulfonamides is 1. The molecule has 37 heavy (non-hydrogen) atoms. The first-order valence-electron chi connectivity index (χ1n) is 12.2. The Balaban J connectivity index is 1.73. The van der Waals surface area contributed by atoms with Crippen LogP contribution in [0.5, 0.6) is 5.75 Å². The zero-order valence-electron chi connectivity index (χ0n) is 20.7. The van der Waals surface area contributed by atoms with Crippen molar-refractivity contribution in [2.24, 2.45) is 5.41 Å². The molecular weight excluding hydrogens is 507 g/mol. The Morgan fingerprint density at radius 2 is 1.86 bits per heavy atom. The number of ether oxygens (including phenoxy) is 1. The molecule has 1 atom stereocenters. The Bertz CT molecular complexity index is 1310. The van der Waals surface area contributed by atoms with Crippen LogP contribution in [0.4, 0.5) is 18.9 Å². The van der Waals surface area contributed by atoms with Crippen molar-refractivity contribution in [1.29, 1.82) is 0 Å². The molecule has 0 aromatic heterocycles. The minimum Gasteiger partial charge on any atom is -0.486 e. The topological polar surface area (TPSA) is 83.9 Å². The number of benzene rings is 2. The highest BCUT2D eigenvalue weighted by molar-refractivity contribution is 7.92. The van der Waals surface area contributed by atoms with Crippen molar-refractivity contribution in [3.05, 3.63) is 59.2 Å². The van der Waals surface area contributed by atoms with Gasteiger partial charge < -0.3 is 9.84 Å². The summed E-state index contributed by atoms with van der Waals surface area (Å²) < 4.78 is 74.2. The van der Waals surface area contributed by atoms with E-state index in [9.17, 15) is 26.4 Å². The summed E-state index contributed by atoms with van der Waals surface area (Å²) in [6.45, 7) is 4.25. The summed E-state index contributed by atoms with van der Waals surface area (Å²) in [7, 11) is -4.41. The van der Waals surface area contributed by atoms with Crippen molar-refractivity contribution >= 4 is 27.8 Å². The molecule has 1 aliphatic carbocycles. The zero-order valence-corrected chi connectivity index (χ0v) is 21.5. The van der Waals surface area contributed by atoms with E-state index >= 15 is 0 Å². The molecule has 200 valence electrons. The molecule has 0 radical (unpaired) electrons. The molecule has 2 aliphatic rings. The number of carboxylic acid groups (broad SMARTS) is 1. The van der Waals surface area contributed by atoms with Crippen molar-refractivity contribution < 1.29 is 36.2 Å². The average Bonchev–Trinajstić information content (AvgIpc) is 2.83. The van der Waals surface area contributed by atoms with Gasteiger partial charge in [0, 0.05) is 6.42 Å². The number of carboxylic acids is 1. The maximum absolute atomic E-state index is 13.7. The summed E-state index contributed by atoms with van der Waals surface area (Å²) in [6.07, 6.45) is 0.335. The van der Waals surface area contributed by atoms with Crippen molar-refractivity contribution in [2.75, 3.05) is 10.8 Å². The molecule has 1 aliphatic heterocycles. The molecule has 4 rings (SSSR count). The number of hydrogen-bond acceptors (Lipinski definition) is 4. The monoisotopic (exact) mass is 537 g/mol. The molecule has 0 unspecified atom stereocenters.